The van der Waals surface area contributed by atoms with E-state index in [1.165, 1.54) is 29.1 Å². The fraction of sp³-hybridized carbons (Fsp3) is 0.368. The summed E-state index contributed by atoms with van der Waals surface area (Å²) in [6, 6.07) is 7.11. The van der Waals surface area contributed by atoms with Gasteiger partial charge in [-0.15, -0.1) is 5.10 Å². The standard InChI is InChI=1S/C19H21FN6O2/c20-15-6-3-7-16(14(15)12-21)26-11-8-17(25-26)24-19(28)23-10-9-22-18(27)13-4-1-2-5-13/h3,6-8,11,13H,1-2,4-5,9-10H2,(H,22,27)(H2,23,24,25,28). The lowest BCUT2D eigenvalue weighted by Crippen LogP contribution is -2.38. The Bertz CT molecular complexity index is 898. The van der Waals surface area contributed by atoms with E-state index in [0.29, 0.717) is 6.54 Å². The smallest absolute Gasteiger partial charge is 0.320 e. The molecule has 3 rings (SSSR count). The highest BCUT2D eigenvalue weighted by Gasteiger charge is 2.21. The number of carbonyl (C=O) groups is 2. The van der Waals surface area contributed by atoms with Gasteiger partial charge in [0.25, 0.3) is 0 Å². The van der Waals surface area contributed by atoms with Gasteiger partial charge in [0, 0.05) is 31.3 Å². The zero-order chi connectivity index (χ0) is 19.9. The number of hydrogen-bond acceptors (Lipinski definition) is 4. The van der Waals surface area contributed by atoms with Crippen LogP contribution in [-0.2, 0) is 4.79 Å². The van der Waals surface area contributed by atoms with Crippen molar-refractivity contribution >= 4 is 17.8 Å². The second-order valence-electron chi connectivity index (χ2n) is 6.54. The van der Waals surface area contributed by atoms with Gasteiger partial charge in [-0.3, -0.25) is 10.1 Å². The Labute approximate surface area is 161 Å². The first-order valence-electron chi connectivity index (χ1n) is 9.15. The van der Waals surface area contributed by atoms with Crippen molar-refractivity contribution in [3.8, 4) is 11.8 Å². The van der Waals surface area contributed by atoms with E-state index in [0.717, 1.165) is 25.7 Å². The maximum atomic E-state index is 13.7. The molecule has 0 bridgehead atoms. The van der Waals surface area contributed by atoms with Gasteiger partial charge in [0.15, 0.2) is 5.82 Å². The number of urea groups is 1. The highest BCUT2D eigenvalue weighted by molar-refractivity contribution is 5.88. The molecule has 0 aliphatic heterocycles. The van der Waals surface area contributed by atoms with Crippen LogP contribution in [0.3, 0.4) is 0 Å². The summed E-state index contributed by atoms with van der Waals surface area (Å²) in [6.45, 7) is 0.638. The number of benzene rings is 1. The fourth-order valence-electron chi connectivity index (χ4n) is 3.19. The van der Waals surface area contributed by atoms with E-state index in [1.807, 2.05) is 0 Å². The summed E-state index contributed by atoms with van der Waals surface area (Å²) >= 11 is 0. The summed E-state index contributed by atoms with van der Waals surface area (Å²) in [5.41, 5.74) is 0.158. The maximum Gasteiger partial charge on any atom is 0.320 e. The Morgan fingerprint density at radius 3 is 2.71 bits per heavy atom. The number of hydrogen-bond donors (Lipinski definition) is 3. The molecule has 9 heteroatoms. The summed E-state index contributed by atoms with van der Waals surface area (Å²) < 4.78 is 15.0. The molecule has 1 fully saturated rings. The average Bonchev–Trinajstić information content (AvgIpc) is 3.37. The van der Waals surface area contributed by atoms with Crippen LogP contribution in [0.25, 0.3) is 5.69 Å². The van der Waals surface area contributed by atoms with E-state index < -0.39 is 11.8 Å². The first kappa shape index (κ1) is 19.4. The van der Waals surface area contributed by atoms with Crippen molar-refractivity contribution in [1.82, 2.24) is 20.4 Å². The third-order valence-corrected chi connectivity index (χ3v) is 4.62. The lowest BCUT2D eigenvalue weighted by atomic mass is 10.1. The Balaban J connectivity index is 1.47. The zero-order valence-electron chi connectivity index (χ0n) is 15.2. The summed E-state index contributed by atoms with van der Waals surface area (Å²) in [6.07, 6.45) is 5.57. The molecule has 1 aliphatic rings. The average molecular weight is 384 g/mol. The van der Waals surface area contributed by atoms with Crippen LogP contribution in [0.15, 0.2) is 30.5 Å². The molecule has 0 spiro atoms. The van der Waals surface area contributed by atoms with Crippen molar-refractivity contribution < 1.29 is 14.0 Å². The lowest BCUT2D eigenvalue weighted by Gasteiger charge is -2.11. The molecule has 1 aliphatic carbocycles. The van der Waals surface area contributed by atoms with E-state index in [2.05, 4.69) is 21.0 Å². The van der Waals surface area contributed by atoms with Crippen LogP contribution in [0.2, 0.25) is 0 Å². The van der Waals surface area contributed by atoms with Crippen molar-refractivity contribution in [2.75, 3.05) is 18.4 Å². The van der Waals surface area contributed by atoms with Gasteiger partial charge in [-0.1, -0.05) is 18.9 Å². The van der Waals surface area contributed by atoms with E-state index in [4.69, 9.17) is 5.26 Å². The molecule has 1 aromatic carbocycles. The number of carbonyl (C=O) groups excluding carboxylic acids is 2. The quantitative estimate of drug-likeness (QED) is 0.664. The van der Waals surface area contributed by atoms with Crippen LogP contribution in [0, 0.1) is 23.1 Å². The molecule has 3 N–H and O–H groups in total. The third-order valence-electron chi connectivity index (χ3n) is 4.62. The van der Waals surface area contributed by atoms with Gasteiger partial charge in [0.2, 0.25) is 5.91 Å². The number of halogens is 1. The molecular formula is C19H21FN6O2. The number of rotatable bonds is 6. The molecule has 2 aromatic rings. The second-order valence-corrected chi connectivity index (χ2v) is 6.54. The molecule has 1 saturated carbocycles. The third kappa shape index (κ3) is 4.65. The number of anilines is 1. The Morgan fingerprint density at radius 1 is 1.21 bits per heavy atom. The summed E-state index contributed by atoms with van der Waals surface area (Å²) in [5.74, 6) is -0.246. The highest BCUT2D eigenvalue weighted by atomic mass is 19.1. The molecular weight excluding hydrogens is 363 g/mol. The van der Waals surface area contributed by atoms with Gasteiger partial charge in [0.05, 0.1) is 5.69 Å². The molecule has 8 nitrogen and oxygen atoms in total. The van der Waals surface area contributed by atoms with Crippen molar-refractivity contribution in [3.63, 3.8) is 0 Å². The minimum Gasteiger partial charge on any atom is -0.354 e. The van der Waals surface area contributed by atoms with Crippen LogP contribution in [-0.4, -0.2) is 34.8 Å². The molecule has 0 unspecified atom stereocenters. The Kier molecular flexibility index (Phi) is 6.22. The number of nitrogens with one attached hydrogen (secondary N) is 3. The number of amides is 3. The van der Waals surface area contributed by atoms with Crippen LogP contribution in [0.1, 0.15) is 31.2 Å². The first-order valence-corrected chi connectivity index (χ1v) is 9.15. The minimum atomic E-state index is -0.637. The molecule has 3 amide bonds. The molecule has 1 heterocycles. The predicted molar refractivity (Wildman–Crippen MR) is 100 cm³/mol. The van der Waals surface area contributed by atoms with Crippen LogP contribution >= 0.6 is 0 Å². The first-order chi connectivity index (χ1) is 13.6. The number of nitrogens with zero attached hydrogens (tertiary/aromatic N) is 3. The highest BCUT2D eigenvalue weighted by Crippen LogP contribution is 2.24. The fourth-order valence-corrected chi connectivity index (χ4v) is 3.19. The number of aromatic nitrogens is 2. The number of nitriles is 1. The van der Waals surface area contributed by atoms with Crippen LogP contribution in [0.5, 0.6) is 0 Å². The lowest BCUT2D eigenvalue weighted by molar-refractivity contribution is -0.124. The summed E-state index contributed by atoms with van der Waals surface area (Å²) in [4.78, 5) is 23.8. The van der Waals surface area contributed by atoms with Crippen molar-refractivity contribution in [1.29, 1.82) is 5.26 Å². The molecule has 0 saturated heterocycles. The summed E-state index contributed by atoms with van der Waals surface area (Å²) in [5, 5.41) is 21.2. The van der Waals surface area contributed by atoms with Gasteiger partial charge in [-0.2, -0.15) is 5.26 Å². The molecule has 0 radical (unpaired) electrons. The van der Waals surface area contributed by atoms with Gasteiger partial charge in [0.1, 0.15) is 17.4 Å². The Hall–Kier alpha value is -3.41. The van der Waals surface area contributed by atoms with Crippen molar-refractivity contribution in [2.45, 2.75) is 25.7 Å². The van der Waals surface area contributed by atoms with Crippen molar-refractivity contribution in [2.24, 2.45) is 5.92 Å². The normalized spacial score (nSPS) is 13.7. The van der Waals surface area contributed by atoms with Gasteiger partial charge in [-0.05, 0) is 25.0 Å². The SMILES string of the molecule is N#Cc1c(F)cccc1-n1ccc(NC(=O)NCCNC(=O)C2CCCC2)n1. The molecule has 1 aromatic heterocycles. The summed E-state index contributed by atoms with van der Waals surface area (Å²) in [7, 11) is 0. The van der Waals surface area contributed by atoms with Gasteiger partial charge >= 0.3 is 6.03 Å². The van der Waals surface area contributed by atoms with E-state index >= 15 is 0 Å². The topological polar surface area (TPSA) is 112 Å². The van der Waals surface area contributed by atoms with Gasteiger partial charge < -0.3 is 10.6 Å². The molecule has 28 heavy (non-hydrogen) atoms. The zero-order valence-corrected chi connectivity index (χ0v) is 15.2. The van der Waals surface area contributed by atoms with E-state index in [9.17, 15) is 14.0 Å². The molecule has 0 atom stereocenters. The van der Waals surface area contributed by atoms with Gasteiger partial charge in [-0.25, -0.2) is 13.9 Å². The van der Waals surface area contributed by atoms with E-state index in [-0.39, 0.29) is 35.4 Å². The minimum absolute atomic E-state index is 0.0434. The van der Waals surface area contributed by atoms with Crippen molar-refractivity contribution in [3.05, 3.63) is 41.8 Å². The second kappa shape index (κ2) is 8.99. The predicted octanol–water partition coefficient (Wildman–Crippen LogP) is 2.31. The van der Waals surface area contributed by atoms with Crippen LogP contribution in [0.4, 0.5) is 15.0 Å². The monoisotopic (exact) mass is 384 g/mol. The largest absolute Gasteiger partial charge is 0.354 e. The van der Waals surface area contributed by atoms with E-state index in [1.54, 1.807) is 12.1 Å². The maximum absolute atomic E-state index is 13.7. The molecule has 146 valence electrons. The Morgan fingerprint density at radius 2 is 1.96 bits per heavy atom. The van der Waals surface area contributed by atoms with Crippen LogP contribution < -0.4 is 16.0 Å².